The first-order valence-electron chi connectivity index (χ1n) is 7.93. The lowest BCUT2D eigenvalue weighted by atomic mass is 9.91. The molecule has 0 fully saturated rings. The molecule has 1 aromatic rings. The van der Waals surface area contributed by atoms with E-state index in [0.717, 1.165) is 56.8 Å². The van der Waals surface area contributed by atoms with E-state index in [1.54, 1.807) is 0 Å². The Morgan fingerprint density at radius 2 is 1.95 bits per heavy atom. The normalized spacial score (nSPS) is 14.4. The molecule has 0 aliphatic carbocycles. The third-order valence-electron chi connectivity index (χ3n) is 3.98. The second kappa shape index (κ2) is 8.37. The zero-order valence-corrected chi connectivity index (χ0v) is 13.4. The molecule has 0 aromatic carbocycles. The summed E-state index contributed by atoms with van der Waals surface area (Å²) in [4.78, 5) is 4.53. The Hall–Kier alpha value is -0.940. The van der Waals surface area contributed by atoms with Crippen LogP contribution in [0.2, 0.25) is 0 Å². The van der Waals surface area contributed by atoms with Crippen LogP contribution in [0.15, 0.2) is 0 Å². The lowest BCUT2D eigenvalue weighted by molar-refractivity contribution is 0.144. The van der Waals surface area contributed by atoms with Gasteiger partial charge >= 0.3 is 0 Å². The summed E-state index contributed by atoms with van der Waals surface area (Å²) < 4.78 is 2.03. The Balaban J connectivity index is 2.60. The van der Waals surface area contributed by atoms with Crippen LogP contribution in [-0.4, -0.2) is 38.6 Å². The number of aromatic nitrogens is 3. The average Bonchev–Trinajstić information content (AvgIpc) is 2.88. The van der Waals surface area contributed by atoms with E-state index < -0.39 is 0 Å². The molecule has 0 amide bonds. The summed E-state index contributed by atoms with van der Waals surface area (Å²) in [5, 5.41) is 17.6. The van der Waals surface area contributed by atoms with Crippen molar-refractivity contribution in [2.24, 2.45) is 0 Å². The highest BCUT2D eigenvalue weighted by Gasteiger charge is 2.25. The molecule has 1 rings (SSSR count). The van der Waals surface area contributed by atoms with Gasteiger partial charge in [-0.25, -0.2) is 9.67 Å². The van der Waals surface area contributed by atoms with Crippen LogP contribution in [0.25, 0.3) is 0 Å². The zero-order valence-electron chi connectivity index (χ0n) is 13.4. The predicted molar refractivity (Wildman–Crippen MR) is 81.8 cm³/mol. The van der Waals surface area contributed by atoms with Crippen molar-refractivity contribution in [3.8, 4) is 0 Å². The molecule has 2 N–H and O–H groups in total. The van der Waals surface area contributed by atoms with E-state index in [-0.39, 0.29) is 12.1 Å². The van der Waals surface area contributed by atoms with Gasteiger partial charge in [0.1, 0.15) is 5.82 Å². The minimum absolute atomic E-state index is 0.144. The Bertz CT molecular complexity index is 385. The first-order chi connectivity index (χ1) is 9.64. The Morgan fingerprint density at radius 3 is 2.45 bits per heavy atom. The Kier molecular flexibility index (Phi) is 7.16. The number of aliphatic hydroxyl groups excluding tert-OH is 1. The van der Waals surface area contributed by atoms with E-state index in [4.69, 9.17) is 0 Å². The van der Waals surface area contributed by atoms with Crippen molar-refractivity contribution < 1.29 is 5.11 Å². The molecule has 1 atom stereocenters. The summed E-state index contributed by atoms with van der Waals surface area (Å²) in [7, 11) is 0. The maximum Gasteiger partial charge on any atom is 0.150 e. The van der Waals surface area contributed by atoms with Crippen molar-refractivity contribution in [2.45, 2.75) is 71.9 Å². The van der Waals surface area contributed by atoms with E-state index in [0.29, 0.717) is 0 Å². The molecule has 1 unspecified atom stereocenters. The number of aryl methyl sites for hydroxylation is 3. The number of rotatable bonds is 10. The Labute approximate surface area is 122 Å². The first-order valence-corrected chi connectivity index (χ1v) is 7.93. The number of hydrogen-bond donors (Lipinski definition) is 2. The molecule has 1 aromatic heterocycles. The molecule has 0 aliphatic rings. The van der Waals surface area contributed by atoms with Gasteiger partial charge in [0.2, 0.25) is 0 Å². The molecule has 20 heavy (non-hydrogen) atoms. The summed E-state index contributed by atoms with van der Waals surface area (Å²) in [5.74, 6) is 1.99. The van der Waals surface area contributed by atoms with Crippen LogP contribution in [-0.2, 0) is 19.4 Å². The molecule has 1 heterocycles. The summed E-state index contributed by atoms with van der Waals surface area (Å²) in [6.07, 6.45) is 4.70. The van der Waals surface area contributed by atoms with Crippen molar-refractivity contribution >= 4 is 0 Å². The number of hydrogen-bond acceptors (Lipinski definition) is 4. The van der Waals surface area contributed by atoms with Gasteiger partial charge in [-0.2, -0.15) is 5.10 Å². The van der Waals surface area contributed by atoms with Crippen molar-refractivity contribution in [3.63, 3.8) is 0 Å². The van der Waals surface area contributed by atoms with E-state index in [1.807, 2.05) is 4.68 Å². The molecule has 0 saturated carbocycles. The highest BCUT2D eigenvalue weighted by molar-refractivity contribution is 4.93. The minimum Gasteiger partial charge on any atom is -0.394 e. The van der Waals surface area contributed by atoms with Crippen LogP contribution in [0.4, 0.5) is 0 Å². The van der Waals surface area contributed by atoms with E-state index in [1.165, 1.54) is 0 Å². The maximum atomic E-state index is 9.65. The fourth-order valence-corrected chi connectivity index (χ4v) is 2.60. The lowest BCUT2D eigenvalue weighted by Gasteiger charge is -2.31. The summed E-state index contributed by atoms with van der Waals surface area (Å²) in [5.41, 5.74) is -0.144. The van der Waals surface area contributed by atoms with Crippen LogP contribution in [0.5, 0.6) is 0 Å². The van der Waals surface area contributed by atoms with Gasteiger partial charge in [-0.05, 0) is 25.8 Å². The van der Waals surface area contributed by atoms with Gasteiger partial charge in [0.15, 0.2) is 5.82 Å². The molecule has 0 radical (unpaired) electrons. The Morgan fingerprint density at radius 1 is 1.20 bits per heavy atom. The minimum atomic E-state index is -0.144. The largest absolute Gasteiger partial charge is 0.394 e. The highest BCUT2D eigenvalue weighted by Crippen LogP contribution is 2.17. The summed E-state index contributed by atoms with van der Waals surface area (Å²) in [6, 6.07) is 0. The number of aliphatic hydroxyl groups is 1. The zero-order chi connectivity index (χ0) is 15.0. The molecular weight excluding hydrogens is 252 g/mol. The number of nitrogens with zero attached hydrogens (tertiary/aromatic N) is 3. The molecule has 116 valence electrons. The van der Waals surface area contributed by atoms with Crippen molar-refractivity contribution in [1.29, 1.82) is 0 Å². The van der Waals surface area contributed by atoms with Crippen LogP contribution >= 0.6 is 0 Å². The molecule has 5 nitrogen and oxygen atoms in total. The first kappa shape index (κ1) is 17.1. The fourth-order valence-electron chi connectivity index (χ4n) is 2.60. The monoisotopic (exact) mass is 282 g/mol. The van der Waals surface area contributed by atoms with Gasteiger partial charge in [-0.3, -0.25) is 0 Å². The van der Waals surface area contributed by atoms with Crippen molar-refractivity contribution in [2.75, 3.05) is 13.2 Å². The quantitative estimate of drug-likeness (QED) is 0.688. The van der Waals surface area contributed by atoms with Crippen LogP contribution in [0.3, 0.4) is 0 Å². The van der Waals surface area contributed by atoms with Gasteiger partial charge in [0.25, 0.3) is 0 Å². The topological polar surface area (TPSA) is 63.0 Å². The lowest BCUT2D eigenvalue weighted by Crippen LogP contribution is -2.48. The standard InChI is InChI=1S/C15H30N4O/c1-5-13-17-14(6-2)19(18-13)11-9-10-15(7-3,12-20)16-8-4/h16,20H,5-12H2,1-4H3. The van der Waals surface area contributed by atoms with Crippen LogP contribution in [0.1, 0.15) is 58.6 Å². The average molecular weight is 282 g/mol. The van der Waals surface area contributed by atoms with Gasteiger partial charge in [-0.15, -0.1) is 0 Å². The SMILES string of the molecule is CCNC(CC)(CO)CCCn1nc(CC)nc1CC. The molecular formula is C15H30N4O. The smallest absolute Gasteiger partial charge is 0.150 e. The van der Waals surface area contributed by atoms with E-state index >= 15 is 0 Å². The highest BCUT2D eigenvalue weighted by atomic mass is 16.3. The van der Waals surface area contributed by atoms with Gasteiger partial charge < -0.3 is 10.4 Å². The predicted octanol–water partition coefficient (Wildman–Crippen LogP) is 1.93. The molecule has 0 aliphatic heterocycles. The fraction of sp³-hybridized carbons (Fsp3) is 0.867. The van der Waals surface area contributed by atoms with Crippen LogP contribution in [0, 0.1) is 0 Å². The van der Waals surface area contributed by atoms with Gasteiger partial charge in [-0.1, -0.05) is 27.7 Å². The van der Waals surface area contributed by atoms with E-state index in [9.17, 15) is 5.11 Å². The molecule has 0 saturated heterocycles. The van der Waals surface area contributed by atoms with Crippen molar-refractivity contribution in [1.82, 2.24) is 20.1 Å². The molecule has 5 heteroatoms. The van der Waals surface area contributed by atoms with Gasteiger partial charge in [0.05, 0.1) is 6.61 Å². The van der Waals surface area contributed by atoms with Crippen LogP contribution < -0.4 is 5.32 Å². The summed E-state index contributed by atoms with van der Waals surface area (Å²) >= 11 is 0. The maximum absolute atomic E-state index is 9.65. The van der Waals surface area contributed by atoms with Crippen molar-refractivity contribution in [3.05, 3.63) is 11.6 Å². The molecule has 0 spiro atoms. The number of likely N-dealkylation sites (N-methyl/N-ethyl adjacent to an activating group) is 1. The number of nitrogens with one attached hydrogen (secondary N) is 1. The van der Waals surface area contributed by atoms with E-state index in [2.05, 4.69) is 43.1 Å². The van der Waals surface area contributed by atoms with Gasteiger partial charge in [0, 0.05) is 24.9 Å². The third-order valence-corrected chi connectivity index (χ3v) is 3.98. The summed E-state index contributed by atoms with van der Waals surface area (Å²) in [6.45, 7) is 10.4. The molecule has 0 bridgehead atoms. The second-order valence-corrected chi connectivity index (χ2v) is 5.30. The second-order valence-electron chi connectivity index (χ2n) is 5.30. The third kappa shape index (κ3) is 4.28.